The average molecular weight is 205 g/mol. The van der Waals surface area contributed by atoms with Crippen LogP contribution in [0.3, 0.4) is 0 Å². The van der Waals surface area contributed by atoms with Crippen LogP contribution in [0.4, 0.5) is 5.95 Å². The van der Waals surface area contributed by atoms with Crippen molar-refractivity contribution in [2.24, 2.45) is 0 Å². The van der Waals surface area contributed by atoms with Crippen molar-refractivity contribution in [3.8, 4) is 0 Å². The summed E-state index contributed by atoms with van der Waals surface area (Å²) in [5.74, 6) is 1.70. The zero-order valence-corrected chi connectivity index (χ0v) is 8.56. The predicted molar refractivity (Wildman–Crippen MR) is 53.1 cm³/mol. The van der Waals surface area contributed by atoms with Gasteiger partial charge in [0.2, 0.25) is 11.8 Å². The molecule has 0 atom stereocenters. The second-order valence-electron chi connectivity index (χ2n) is 3.17. The van der Waals surface area contributed by atoms with Gasteiger partial charge < -0.3 is 9.84 Å². The maximum absolute atomic E-state index is 4.83. The van der Waals surface area contributed by atoms with Crippen LogP contribution in [0.5, 0.6) is 0 Å². The number of anilines is 1. The van der Waals surface area contributed by atoms with Crippen molar-refractivity contribution in [3.05, 3.63) is 29.7 Å². The minimum absolute atomic E-state index is 0.459. The fourth-order valence-corrected chi connectivity index (χ4v) is 1.06. The van der Waals surface area contributed by atoms with Gasteiger partial charge in [-0.25, -0.2) is 9.97 Å². The highest BCUT2D eigenvalue weighted by Gasteiger charge is 2.02. The molecule has 0 saturated heterocycles. The van der Waals surface area contributed by atoms with Crippen LogP contribution in [-0.2, 0) is 6.54 Å². The van der Waals surface area contributed by atoms with Gasteiger partial charge in [0.15, 0.2) is 5.82 Å². The Bertz CT molecular complexity index is 436. The summed E-state index contributed by atoms with van der Waals surface area (Å²) in [5, 5.41) is 6.74. The van der Waals surface area contributed by atoms with E-state index in [4.69, 9.17) is 4.52 Å². The molecule has 0 radical (unpaired) electrons. The number of nitrogens with zero attached hydrogens (tertiary/aromatic N) is 4. The highest BCUT2D eigenvalue weighted by molar-refractivity contribution is 5.24. The zero-order valence-electron chi connectivity index (χ0n) is 8.56. The Balaban J connectivity index is 1.96. The molecule has 78 valence electrons. The quantitative estimate of drug-likeness (QED) is 0.808. The molecule has 15 heavy (non-hydrogen) atoms. The van der Waals surface area contributed by atoms with E-state index >= 15 is 0 Å². The SMILES string of the molecule is Cc1cnc(NCc2noc(C)n2)nc1. The molecule has 0 unspecified atom stereocenters. The Labute approximate surface area is 86.8 Å². The molecule has 0 fully saturated rings. The lowest BCUT2D eigenvalue weighted by molar-refractivity contribution is 0.388. The van der Waals surface area contributed by atoms with Gasteiger partial charge >= 0.3 is 0 Å². The third kappa shape index (κ3) is 2.49. The molecule has 0 spiro atoms. The van der Waals surface area contributed by atoms with Crippen LogP contribution < -0.4 is 5.32 Å². The van der Waals surface area contributed by atoms with E-state index in [1.165, 1.54) is 0 Å². The first-order chi connectivity index (χ1) is 7.24. The van der Waals surface area contributed by atoms with E-state index in [0.717, 1.165) is 5.56 Å². The van der Waals surface area contributed by atoms with Crippen molar-refractivity contribution in [2.75, 3.05) is 5.32 Å². The lowest BCUT2D eigenvalue weighted by atomic mass is 10.4. The van der Waals surface area contributed by atoms with Crippen molar-refractivity contribution in [2.45, 2.75) is 20.4 Å². The van der Waals surface area contributed by atoms with Gasteiger partial charge in [0.05, 0.1) is 6.54 Å². The molecule has 0 aliphatic carbocycles. The number of aromatic nitrogens is 4. The number of nitrogens with one attached hydrogen (secondary N) is 1. The molecule has 0 bridgehead atoms. The summed E-state index contributed by atoms with van der Waals surface area (Å²) in [6, 6.07) is 0. The molecule has 2 aromatic rings. The van der Waals surface area contributed by atoms with Crippen LogP contribution in [0.1, 0.15) is 17.3 Å². The van der Waals surface area contributed by atoms with Crippen LogP contribution in [0.15, 0.2) is 16.9 Å². The summed E-state index contributed by atoms with van der Waals surface area (Å²) in [4.78, 5) is 12.2. The molecule has 0 aliphatic rings. The molecule has 1 N–H and O–H groups in total. The predicted octanol–water partition coefficient (Wildman–Crippen LogP) is 1.09. The number of aryl methyl sites for hydroxylation is 2. The minimum Gasteiger partial charge on any atom is -0.347 e. The van der Waals surface area contributed by atoms with E-state index in [1.54, 1.807) is 19.3 Å². The lowest BCUT2D eigenvalue weighted by Crippen LogP contribution is -2.04. The monoisotopic (exact) mass is 205 g/mol. The first-order valence-corrected chi connectivity index (χ1v) is 4.56. The highest BCUT2D eigenvalue weighted by Crippen LogP contribution is 2.01. The normalized spacial score (nSPS) is 10.3. The number of rotatable bonds is 3. The van der Waals surface area contributed by atoms with Crippen LogP contribution in [-0.4, -0.2) is 20.1 Å². The molecule has 0 aliphatic heterocycles. The summed E-state index contributed by atoms with van der Waals surface area (Å²) in [6.07, 6.45) is 3.49. The molecular weight excluding hydrogens is 194 g/mol. The van der Waals surface area contributed by atoms with Crippen LogP contribution in [0, 0.1) is 13.8 Å². The summed E-state index contributed by atoms with van der Waals surface area (Å²) >= 11 is 0. The third-order valence-corrected chi connectivity index (χ3v) is 1.76. The van der Waals surface area contributed by atoms with Gasteiger partial charge in [-0.2, -0.15) is 4.98 Å². The van der Waals surface area contributed by atoms with Gasteiger partial charge in [0.1, 0.15) is 0 Å². The van der Waals surface area contributed by atoms with Gasteiger partial charge in [-0.3, -0.25) is 0 Å². The molecule has 0 amide bonds. The smallest absolute Gasteiger partial charge is 0.223 e. The van der Waals surface area contributed by atoms with E-state index in [1.807, 2.05) is 6.92 Å². The first-order valence-electron chi connectivity index (χ1n) is 4.56. The van der Waals surface area contributed by atoms with Crippen LogP contribution >= 0.6 is 0 Å². The Morgan fingerprint density at radius 1 is 1.27 bits per heavy atom. The minimum atomic E-state index is 0.459. The van der Waals surface area contributed by atoms with Crippen molar-refractivity contribution in [3.63, 3.8) is 0 Å². The fraction of sp³-hybridized carbons (Fsp3) is 0.333. The van der Waals surface area contributed by atoms with Gasteiger partial charge in [-0.15, -0.1) is 0 Å². The molecule has 6 nitrogen and oxygen atoms in total. The average Bonchev–Trinajstić information content (AvgIpc) is 2.64. The zero-order chi connectivity index (χ0) is 10.7. The summed E-state index contributed by atoms with van der Waals surface area (Å²) in [7, 11) is 0. The Kier molecular flexibility index (Phi) is 2.57. The molecule has 2 aromatic heterocycles. The number of hydrogen-bond donors (Lipinski definition) is 1. The standard InChI is InChI=1S/C9H11N5O/c1-6-3-10-9(11-4-6)12-5-8-13-7(2)15-14-8/h3-4H,5H2,1-2H3,(H,10,11,12). The molecule has 2 rings (SSSR count). The molecular formula is C9H11N5O. The van der Waals surface area contributed by atoms with Gasteiger partial charge in [0.25, 0.3) is 0 Å². The second kappa shape index (κ2) is 4.04. The molecule has 0 aromatic carbocycles. The van der Waals surface area contributed by atoms with Gasteiger partial charge in [0, 0.05) is 19.3 Å². The number of hydrogen-bond acceptors (Lipinski definition) is 6. The topological polar surface area (TPSA) is 76.7 Å². The molecule has 2 heterocycles. The molecule has 0 saturated carbocycles. The second-order valence-corrected chi connectivity index (χ2v) is 3.17. The maximum atomic E-state index is 4.83. The Morgan fingerprint density at radius 3 is 2.60 bits per heavy atom. The lowest BCUT2D eigenvalue weighted by Gasteiger charge is -2.00. The van der Waals surface area contributed by atoms with Gasteiger partial charge in [-0.1, -0.05) is 5.16 Å². The van der Waals surface area contributed by atoms with E-state index in [2.05, 4.69) is 25.4 Å². The Morgan fingerprint density at radius 2 is 2.00 bits per heavy atom. The first kappa shape index (κ1) is 9.57. The van der Waals surface area contributed by atoms with E-state index in [0.29, 0.717) is 24.2 Å². The summed E-state index contributed by atoms with van der Waals surface area (Å²) in [5.41, 5.74) is 1.02. The van der Waals surface area contributed by atoms with Crippen molar-refractivity contribution in [1.29, 1.82) is 0 Å². The summed E-state index contributed by atoms with van der Waals surface area (Å²) < 4.78 is 4.83. The largest absolute Gasteiger partial charge is 0.347 e. The van der Waals surface area contributed by atoms with Crippen LogP contribution in [0.25, 0.3) is 0 Å². The maximum Gasteiger partial charge on any atom is 0.223 e. The Hall–Kier alpha value is -1.98. The van der Waals surface area contributed by atoms with E-state index in [-0.39, 0.29) is 0 Å². The van der Waals surface area contributed by atoms with Crippen molar-refractivity contribution >= 4 is 5.95 Å². The highest BCUT2D eigenvalue weighted by atomic mass is 16.5. The third-order valence-electron chi connectivity index (χ3n) is 1.76. The molecule has 6 heteroatoms. The van der Waals surface area contributed by atoms with E-state index in [9.17, 15) is 0 Å². The fourth-order valence-electron chi connectivity index (χ4n) is 1.06. The summed E-state index contributed by atoms with van der Waals surface area (Å²) in [6.45, 7) is 4.14. The van der Waals surface area contributed by atoms with Crippen molar-refractivity contribution in [1.82, 2.24) is 20.1 Å². The van der Waals surface area contributed by atoms with Gasteiger partial charge in [-0.05, 0) is 12.5 Å². The van der Waals surface area contributed by atoms with Crippen LogP contribution in [0.2, 0.25) is 0 Å². The van der Waals surface area contributed by atoms with E-state index < -0.39 is 0 Å². The van der Waals surface area contributed by atoms with Crippen molar-refractivity contribution < 1.29 is 4.52 Å².